The molecule has 4 aromatic rings. The largest absolute Gasteiger partial charge is 0.489 e. The molecule has 4 rings (SSSR count). The highest BCUT2D eigenvalue weighted by atomic mass is 19.4. The maximum absolute atomic E-state index is 12.6. The second-order valence-corrected chi connectivity index (χ2v) is 6.60. The van der Waals surface area contributed by atoms with Crippen molar-refractivity contribution in [2.24, 2.45) is 0 Å². The predicted octanol–water partition coefficient (Wildman–Crippen LogP) is 5.32. The van der Waals surface area contributed by atoms with E-state index in [4.69, 9.17) is 9.84 Å². The molecule has 0 spiro atoms. The van der Waals surface area contributed by atoms with E-state index < -0.39 is 17.7 Å². The Labute approximate surface area is 169 Å². The van der Waals surface area contributed by atoms with E-state index in [1.807, 2.05) is 16.7 Å². The summed E-state index contributed by atoms with van der Waals surface area (Å²) in [6.45, 7) is 0.142. The second-order valence-electron chi connectivity index (χ2n) is 6.60. The summed E-state index contributed by atoms with van der Waals surface area (Å²) in [6, 6.07) is 16.7. The zero-order chi connectivity index (χ0) is 21.3. The van der Waals surface area contributed by atoms with Gasteiger partial charge in [0.05, 0.1) is 22.2 Å². The standard InChI is InChI=1S/C22H15F3N2O3/c23-22(24,25)16-4-1-14(2-5-16)12-30-18-8-6-17(7-9-18)27-13-26-19-11-15(21(28)29)3-10-20(19)27/h1-11,13H,12H2,(H,28,29). The summed E-state index contributed by atoms with van der Waals surface area (Å²) in [5.74, 6) is -0.447. The van der Waals surface area contributed by atoms with Crippen LogP contribution in [0.5, 0.6) is 5.75 Å². The van der Waals surface area contributed by atoms with Crippen LogP contribution in [0.25, 0.3) is 16.7 Å². The molecule has 0 fully saturated rings. The number of hydrogen-bond acceptors (Lipinski definition) is 3. The molecule has 0 bridgehead atoms. The van der Waals surface area contributed by atoms with Gasteiger partial charge in [0.2, 0.25) is 0 Å². The maximum atomic E-state index is 12.6. The molecule has 152 valence electrons. The van der Waals surface area contributed by atoms with Crippen molar-refractivity contribution in [3.05, 3.63) is 89.7 Å². The maximum Gasteiger partial charge on any atom is 0.416 e. The van der Waals surface area contributed by atoms with Crippen molar-refractivity contribution in [3.8, 4) is 11.4 Å². The van der Waals surface area contributed by atoms with E-state index >= 15 is 0 Å². The van der Waals surface area contributed by atoms with Gasteiger partial charge < -0.3 is 9.84 Å². The molecule has 1 N–H and O–H groups in total. The minimum absolute atomic E-state index is 0.142. The van der Waals surface area contributed by atoms with E-state index in [1.54, 1.807) is 24.5 Å². The number of carboxylic acids is 1. The molecule has 0 saturated heterocycles. The third-order valence-electron chi connectivity index (χ3n) is 4.60. The Morgan fingerprint density at radius 1 is 1.00 bits per heavy atom. The number of fused-ring (bicyclic) bond motifs is 1. The number of carbonyl (C=O) groups is 1. The molecule has 0 unspecified atom stereocenters. The highest BCUT2D eigenvalue weighted by Gasteiger charge is 2.29. The van der Waals surface area contributed by atoms with Gasteiger partial charge in [-0.05, 0) is 60.2 Å². The van der Waals surface area contributed by atoms with Crippen LogP contribution in [0.3, 0.4) is 0 Å². The fourth-order valence-electron chi connectivity index (χ4n) is 3.01. The Hall–Kier alpha value is -3.81. The van der Waals surface area contributed by atoms with Crippen LogP contribution in [0.2, 0.25) is 0 Å². The number of benzene rings is 3. The van der Waals surface area contributed by atoms with E-state index in [-0.39, 0.29) is 12.2 Å². The summed E-state index contributed by atoms with van der Waals surface area (Å²) in [5, 5.41) is 9.08. The molecule has 1 heterocycles. The number of rotatable bonds is 5. The Morgan fingerprint density at radius 3 is 2.33 bits per heavy atom. The Bertz CT molecular complexity index is 1200. The van der Waals surface area contributed by atoms with Crippen molar-refractivity contribution in [3.63, 3.8) is 0 Å². The molecule has 0 amide bonds. The van der Waals surface area contributed by atoms with Crippen molar-refractivity contribution in [2.45, 2.75) is 12.8 Å². The van der Waals surface area contributed by atoms with Crippen LogP contribution in [0, 0.1) is 0 Å². The third-order valence-corrected chi connectivity index (χ3v) is 4.60. The Morgan fingerprint density at radius 2 is 1.70 bits per heavy atom. The van der Waals surface area contributed by atoms with Crippen LogP contribution in [0.1, 0.15) is 21.5 Å². The number of aromatic carboxylic acids is 1. The first-order valence-corrected chi connectivity index (χ1v) is 8.91. The molecule has 5 nitrogen and oxygen atoms in total. The van der Waals surface area contributed by atoms with Gasteiger partial charge in [-0.2, -0.15) is 13.2 Å². The molecule has 30 heavy (non-hydrogen) atoms. The Balaban J connectivity index is 1.47. The van der Waals surface area contributed by atoms with E-state index in [2.05, 4.69) is 4.98 Å². The number of alkyl halides is 3. The summed E-state index contributed by atoms with van der Waals surface area (Å²) in [6.07, 6.45) is -2.75. The third kappa shape index (κ3) is 3.98. The molecule has 8 heteroatoms. The van der Waals surface area contributed by atoms with Gasteiger partial charge >= 0.3 is 12.1 Å². The average Bonchev–Trinajstić information content (AvgIpc) is 3.15. The molecular weight excluding hydrogens is 397 g/mol. The van der Waals surface area contributed by atoms with Crippen molar-refractivity contribution < 1.29 is 27.8 Å². The number of imidazole rings is 1. The topological polar surface area (TPSA) is 64.3 Å². The number of halogens is 3. The van der Waals surface area contributed by atoms with Crippen LogP contribution < -0.4 is 4.74 Å². The first kappa shape index (κ1) is 19.5. The first-order valence-electron chi connectivity index (χ1n) is 8.91. The summed E-state index contributed by atoms with van der Waals surface area (Å²) >= 11 is 0. The smallest absolute Gasteiger partial charge is 0.416 e. The lowest BCUT2D eigenvalue weighted by molar-refractivity contribution is -0.137. The molecule has 0 saturated carbocycles. The van der Waals surface area contributed by atoms with E-state index in [1.165, 1.54) is 24.3 Å². The summed E-state index contributed by atoms with van der Waals surface area (Å²) in [4.78, 5) is 15.3. The van der Waals surface area contributed by atoms with E-state index in [0.29, 0.717) is 16.8 Å². The fraction of sp³-hybridized carbons (Fsp3) is 0.0909. The number of carboxylic acid groups (broad SMARTS) is 1. The van der Waals surface area contributed by atoms with E-state index in [0.717, 1.165) is 23.3 Å². The van der Waals surface area contributed by atoms with Gasteiger partial charge in [0, 0.05) is 5.69 Å². The molecule has 0 aliphatic heterocycles. The lowest BCUT2D eigenvalue weighted by Gasteiger charge is -2.10. The van der Waals surface area contributed by atoms with Gasteiger partial charge in [-0.1, -0.05) is 12.1 Å². The molecule has 0 atom stereocenters. The van der Waals surface area contributed by atoms with Gasteiger partial charge in [0.15, 0.2) is 0 Å². The van der Waals surface area contributed by atoms with Crippen LogP contribution >= 0.6 is 0 Å². The normalized spacial score (nSPS) is 11.6. The van der Waals surface area contributed by atoms with Gasteiger partial charge in [-0.15, -0.1) is 0 Å². The molecule has 1 aromatic heterocycles. The summed E-state index contributed by atoms with van der Waals surface area (Å²) in [7, 11) is 0. The van der Waals surface area contributed by atoms with Gasteiger partial charge in [-0.25, -0.2) is 9.78 Å². The lowest BCUT2D eigenvalue weighted by Crippen LogP contribution is -2.05. The van der Waals surface area contributed by atoms with Gasteiger partial charge in [-0.3, -0.25) is 4.57 Å². The van der Waals surface area contributed by atoms with Crippen LogP contribution in [0.15, 0.2) is 73.1 Å². The van der Waals surface area contributed by atoms with Crippen molar-refractivity contribution in [2.75, 3.05) is 0 Å². The van der Waals surface area contributed by atoms with Gasteiger partial charge in [0.25, 0.3) is 0 Å². The number of nitrogens with zero attached hydrogens (tertiary/aromatic N) is 2. The lowest BCUT2D eigenvalue weighted by atomic mass is 10.1. The SMILES string of the molecule is O=C(O)c1ccc2c(c1)ncn2-c1ccc(OCc2ccc(C(F)(F)F)cc2)cc1. The second kappa shape index (κ2) is 7.55. The zero-order valence-corrected chi connectivity index (χ0v) is 15.4. The minimum Gasteiger partial charge on any atom is -0.489 e. The van der Waals surface area contributed by atoms with Crippen LogP contribution in [-0.2, 0) is 12.8 Å². The number of ether oxygens (including phenoxy) is 1. The van der Waals surface area contributed by atoms with Gasteiger partial charge in [0.1, 0.15) is 18.7 Å². The van der Waals surface area contributed by atoms with Crippen molar-refractivity contribution in [1.29, 1.82) is 0 Å². The number of hydrogen-bond donors (Lipinski definition) is 1. The molecule has 0 aliphatic carbocycles. The molecule has 0 aliphatic rings. The summed E-state index contributed by atoms with van der Waals surface area (Å²) in [5.41, 5.74) is 2.23. The monoisotopic (exact) mass is 412 g/mol. The quantitative estimate of drug-likeness (QED) is 0.482. The number of aromatic nitrogens is 2. The Kier molecular flexibility index (Phi) is 4.91. The molecule has 0 radical (unpaired) electrons. The van der Waals surface area contributed by atoms with E-state index in [9.17, 15) is 18.0 Å². The van der Waals surface area contributed by atoms with Crippen molar-refractivity contribution >= 4 is 17.0 Å². The molecule has 3 aromatic carbocycles. The highest BCUT2D eigenvalue weighted by molar-refractivity contribution is 5.92. The average molecular weight is 412 g/mol. The van der Waals surface area contributed by atoms with Crippen LogP contribution in [0.4, 0.5) is 13.2 Å². The van der Waals surface area contributed by atoms with Crippen molar-refractivity contribution in [1.82, 2.24) is 9.55 Å². The van der Waals surface area contributed by atoms with Crippen LogP contribution in [-0.4, -0.2) is 20.6 Å². The fourth-order valence-corrected chi connectivity index (χ4v) is 3.01. The highest BCUT2D eigenvalue weighted by Crippen LogP contribution is 2.29. The first-order chi connectivity index (χ1) is 14.3. The minimum atomic E-state index is -4.36. The zero-order valence-electron chi connectivity index (χ0n) is 15.4. The predicted molar refractivity (Wildman–Crippen MR) is 104 cm³/mol. The summed E-state index contributed by atoms with van der Waals surface area (Å²) < 4.78 is 45.3. The molecular formula is C22H15F3N2O3.